The summed E-state index contributed by atoms with van der Waals surface area (Å²) in [7, 11) is 0. The van der Waals surface area contributed by atoms with Crippen LogP contribution in [0.25, 0.3) is 0 Å². The molecule has 0 aromatic heterocycles. The Morgan fingerprint density at radius 3 is 2.47 bits per heavy atom. The Bertz CT molecular complexity index is 368. The number of phenols is 1. The Balaban J connectivity index is 0.00000324. The van der Waals surface area contributed by atoms with Crippen LogP contribution in [0.3, 0.4) is 0 Å². The molecule has 0 aliphatic rings. The van der Waals surface area contributed by atoms with E-state index in [4.69, 9.17) is 5.73 Å². The second-order valence-corrected chi connectivity index (χ2v) is 4.48. The van der Waals surface area contributed by atoms with Crippen molar-refractivity contribution in [2.24, 2.45) is 5.73 Å². The average Bonchev–Trinajstić information content (AvgIpc) is 2.35. The maximum absolute atomic E-state index is 11.7. The van der Waals surface area contributed by atoms with Crippen molar-refractivity contribution in [3.8, 4) is 5.75 Å². The number of hydrogen-bond donors (Lipinski definition) is 3. The molecule has 0 saturated carbocycles. The van der Waals surface area contributed by atoms with Gasteiger partial charge in [0, 0.05) is 6.42 Å². The third kappa shape index (κ3) is 7.03. The number of carbonyl (C=O) groups excluding carboxylic acids is 1. The van der Waals surface area contributed by atoms with Crippen LogP contribution in [0.2, 0.25) is 0 Å². The van der Waals surface area contributed by atoms with Crippen LogP contribution in [0.4, 0.5) is 0 Å². The van der Waals surface area contributed by atoms with Crippen LogP contribution >= 0.6 is 12.4 Å². The Kier molecular flexibility index (Phi) is 9.00. The maximum atomic E-state index is 11.7. The number of rotatable bonds is 7. The first-order chi connectivity index (χ1) is 8.63. The van der Waals surface area contributed by atoms with E-state index in [1.54, 1.807) is 12.1 Å². The van der Waals surface area contributed by atoms with E-state index in [-0.39, 0.29) is 30.1 Å². The Hall–Kier alpha value is -1.26. The van der Waals surface area contributed by atoms with Crippen molar-refractivity contribution >= 4 is 18.3 Å². The molecule has 1 aromatic carbocycles. The maximum Gasteiger partial charge on any atom is 0.220 e. The summed E-state index contributed by atoms with van der Waals surface area (Å²) in [4.78, 5) is 11.7. The predicted molar refractivity (Wildman–Crippen MR) is 79.4 cm³/mol. The third-order valence-corrected chi connectivity index (χ3v) is 2.88. The van der Waals surface area contributed by atoms with E-state index in [2.05, 4.69) is 5.32 Å². The third-order valence-electron chi connectivity index (χ3n) is 2.88. The minimum atomic E-state index is -0.0346. The van der Waals surface area contributed by atoms with Crippen molar-refractivity contribution in [3.63, 3.8) is 0 Å². The lowest BCUT2D eigenvalue weighted by atomic mass is 10.1. The van der Waals surface area contributed by atoms with Crippen LogP contribution in [0, 0.1) is 0 Å². The Morgan fingerprint density at radius 2 is 1.89 bits per heavy atom. The number of halogens is 1. The molecule has 1 aromatic rings. The normalized spacial score (nSPS) is 11.5. The van der Waals surface area contributed by atoms with E-state index in [1.165, 1.54) is 0 Å². The van der Waals surface area contributed by atoms with E-state index in [9.17, 15) is 9.90 Å². The highest BCUT2D eigenvalue weighted by atomic mass is 35.5. The summed E-state index contributed by atoms with van der Waals surface area (Å²) >= 11 is 0. The summed E-state index contributed by atoms with van der Waals surface area (Å²) in [5, 5.41) is 12.1. The molecular weight excluding hydrogens is 264 g/mol. The van der Waals surface area contributed by atoms with Crippen molar-refractivity contribution in [3.05, 3.63) is 29.8 Å². The van der Waals surface area contributed by atoms with Gasteiger partial charge in [-0.3, -0.25) is 4.79 Å². The number of amides is 1. The van der Waals surface area contributed by atoms with E-state index < -0.39 is 0 Å². The lowest BCUT2D eigenvalue weighted by Gasteiger charge is -2.14. The number of unbranched alkanes of at least 4 members (excludes halogenated alkanes) is 2. The Morgan fingerprint density at radius 1 is 1.26 bits per heavy atom. The molecule has 0 fully saturated rings. The van der Waals surface area contributed by atoms with Gasteiger partial charge in [-0.05, 0) is 44.0 Å². The predicted octanol–water partition coefficient (Wildman–Crippen LogP) is 2.51. The summed E-state index contributed by atoms with van der Waals surface area (Å²) in [6.07, 6.45) is 3.39. The van der Waals surface area contributed by atoms with E-state index in [1.807, 2.05) is 19.1 Å². The zero-order chi connectivity index (χ0) is 13.4. The van der Waals surface area contributed by atoms with Crippen molar-refractivity contribution in [1.29, 1.82) is 0 Å². The topological polar surface area (TPSA) is 75.4 Å². The van der Waals surface area contributed by atoms with Crippen LogP contribution in [0.1, 0.15) is 44.2 Å². The first-order valence-electron chi connectivity index (χ1n) is 6.42. The molecule has 0 aliphatic carbocycles. The minimum Gasteiger partial charge on any atom is -0.508 e. The van der Waals surface area contributed by atoms with Crippen molar-refractivity contribution in [2.75, 3.05) is 6.54 Å². The summed E-state index contributed by atoms with van der Waals surface area (Å²) in [6.45, 7) is 2.62. The van der Waals surface area contributed by atoms with Gasteiger partial charge in [-0.1, -0.05) is 18.6 Å². The molecule has 1 atom stereocenters. The van der Waals surface area contributed by atoms with Crippen molar-refractivity contribution in [1.82, 2.24) is 5.32 Å². The molecule has 108 valence electrons. The molecule has 0 bridgehead atoms. The van der Waals surface area contributed by atoms with Gasteiger partial charge in [0.05, 0.1) is 6.04 Å². The summed E-state index contributed by atoms with van der Waals surface area (Å²) in [5.74, 6) is 0.298. The molecule has 0 heterocycles. The second kappa shape index (κ2) is 9.64. The van der Waals surface area contributed by atoms with Gasteiger partial charge in [0.25, 0.3) is 0 Å². The molecule has 4 N–H and O–H groups in total. The van der Waals surface area contributed by atoms with Gasteiger partial charge in [-0.15, -0.1) is 12.4 Å². The Labute approximate surface area is 120 Å². The van der Waals surface area contributed by atoms with Crippen LogP contribution in [-0.2, 0) is 4.79 Å². The summed E-state index contributed by atoms with van der Waals surface area (Å²) < 4.78 is 0. The van der Waals surface area contributed by atoms with Crippen molar-refractivity contribution < 1.29 is 9.90 Å². The van der Waals surface area contributed by atoms with Gasteiger partial charge < -0.3 is 16.2 Å². The molecule has 5 heteroatoms. The smallest absolute Gasteiger partial charge is 0.220 e. The average molecular weight is 287 g/mol. The highest BCUT2D eigenvalue weighted by Gasteiger charge is 2.08. The number of carbonyl (C=O) groups is 1. The quantitative estimate of drug-likeness (QED) is 0.674. The molecule has 1 amide bonds. The molecular formula is C14H23ClN2O2. The molecule has 19 heavy (non-hydrogen) atoms. The fraction of sp³-hybridized carbons (Fsp3) is 0.500. The number of aromatic hydroxyl groups is 1. The largest absolute Gasteiger partial charge is 0.508 e. The lowest BCUT2D eigenvalue weighted by Crippen LogP contribution is -2.26. The molecule has 0 spiro atoms. The van der Waals surface area contributed by atoms with Gasteiger partial charge in [0.2, 0.25) is 5.91 Å². The zero-order valence-corrected chi connectivity index (χ0v) is 12.1. The van der Waals surface area contributed by atoms with E-state index in [0.29, 0.717) is 13.0 Å². The summed E-state index contributed by atoms with van der Waals surface area (Å²) in [6, 6.07) is 6.84. The molecule has 1 rings (SSSR count). The minimum absolute atomic E-state index is 0. The standard InChI is InChI=1S/C14H22N2O2.ClH/c1-11(12-6-8-13(17)9-7-12)16-14(18)5-3-2-4-10-15;/h6-9,11,17H,2-5,10,15H2,1H3,(H,16,18);1H. The van der Waals surface area contributed by atoms with Gasteiger partial charge in [-0.2, -0.15) is 0 Å². The second-order valence-electron chi connectivity index (χ2n) is 4.48. The molecule has 1 unspecified atom stereocenters. The van der Waals surface area contributed by atoms with Gasteiger partial charge in [-0.25, -0.2) is 0 Å². The first kappa shape index (κ1) is 17.7. The molecule has 0 radical (unpaired) electrons. The van der Waals surface area contributed by atoms with E-state index in [0.717, 1.165) is 24.8 Å². The van der Waals surface area contributed by atoms with Crippen LogP contribution < -0.4 is 11.1 Å². The number of benzene rings is 1. The summed E-state index contributed by atoms with van der Waals surface area (Å²) in [5.41, 5.74) is 6.38. The van der Waals surface area contributed by atoms with Gasteiger partial charge in [0.15, 0.2) is 0 Å². The molecule has 0 aliphatic heterocycles. The van der Waals surface area contributed by atoms with Crippen molar-refractivity contribution in [2.45, 2.75) is 38.6 Å². The molecule has 4 nitrogen and oxygen atoms in total. The van der Waals surface area contributed by atoms with Crippen LogP contribution in [0.15, 0.2) is 24.3 Å². The monoisotopic (exact) mass is 286 g/mol. The van der Waals surface area contributed by atoms with Gasteiger partial charge >= 0.3 is 0 Å². The SMILES string of the molecule is CC(NC(=O)CCCCCN)c1ccc(O)cc1.Cl. The zero-order valence-electron chi connectivity index (χ0n) is 11.3. The fourth-order valence-electron chi connectivity index (χ4n) is 1.77. The first-order valence-corrected chi connectivity index (χ1v) is 6.42. The van der Waals surface area contributed by atoms with Crippen LogP contribution in [-0.4, -0.2) is 17.6 Å². The number of nitrogens with one attached hydrogen (secondary N) is 1. The fourth-order valence-corrected chi connectivity index (χ4v) is 1.77. The highest BCUT2D eigenvalue weighted by molar-refractivity contribution is 5.85. The molecule has 0 saturated heterocycles. The van der Waals surface area contributed by atoms with Gasteiger partial charge in [0.1, 0.15) is 5.75 Å². The van der Waals surface area contributed by atoms with Crippen LogP contribution in [0.5, 0.6) is 5.75 Å². The lowest BCUT2D eigenvalue weighted by molar-refractivity contribution is -0.121. The number of nitrogens with two attached hydrogens (primary N) is 1. The van der Waals surface area contributed by atoms with E-state index >= 15 is 0 Å². The number of hydrogen-bond acceptors (Lipinski definition) is 3. The highest BCUT2D eigenvalue weighted by Crippen LogP contribution is 2.16. The number of phenolic OH excluding ortho intramolecular Hbond substituents is 1.